The number of aromatic nitrogens is 1. The Morgan fingerprint density at radius 3 is 2.93 bits per heavy atom. The van der Waals surface area contributed by atoms with Crippen LogP contribution in [0.3, 0.4) is 0 Å². The van der Waals surface area contributed by atoms with E-state index in [0.717, 1.165) is 29.7 Å². The lowest BCUT2D eigenvalue weighted by Crippen LogP contribution is -2.16. The Morgan fingerprint density at radius 2 is 2.10 bits per heavy atom. The van der Waals surface area contributed by atoms with Gasteiger partial charge in [0, 0.05) is 22.5 Å². The second kappa shape index (κ2) is 9.57. The first kappa shape index (κ1) is 20.1. The number of carbonyl (C=O) groups excluding carboxylic acids is 1. The van der Waals surface area contributed by atoms with Crippen molar-refractivity contribution < 1.29 is 13.9 Å². The number of anilines is 1. The molecule has 0 unspecified atom stereocenters. The van der Waals surface area contributed by atoms with Gasteiger partial charge in [0.25, 0.3) is 5.91 Å². The van der Waals surface area contributed by atoms with E-state index in [9.17, 15) is 4.79 Å². The predicted molar refractivity (Wildman–Crippen MR) is 115 cm³/mol. The van der Waals surface area contributed by atoms with Crippen LogP contribution in [0.4, 0.5) is 5.13 Å². The zero-order valence-electron chi connectivity index (χ0n) is 16.0. The molecule has 1 fully saturated rings. The zero-order chi connectivity index (χ0) is 20.1. The second-order valence-corrected chi connectivity index (χ2v) is 8.78. The molecule has 0 atom stereocenters. The quantitative estimate of drug-likeness (QED) is 0.493. The maximum atomic E-state index is 12.4. The molecule has 152 valence electrons. The maximum Gasteiger partial charge on any atom is 0.293 e. The third kappa shape index (κ3) is 5.69. The van der Waals surface area contributed by atoms with Gasteiger partial charge in [-0.15, -0.1) is 11.3 Å². The molecule has 2 heterocycles. The molecule has 4 rings (SSSR count). The molecule has 1 amide bonds. The lowest BCUT2D eigenvalue weighted by molar-refractivity contribution is 0.00849. The largest absolute Gasteiger partial charge is 0.453 e. The van der Waals surface area contributed by atoms with Crippen molar-refractivity contribution in [1.29, 1.82) is 0 Å². The van der Waals surface area contributed by atoms with Gasteiger partial charge in [0.15, 0.2) is 10.9 Å². The van der Waals surface area contributed by atoms with Gasteiger partial charge >= 0.3 is 0 Å². The molecule has 5 nitrogen and oxygen atoms in total. The number of hydrogen-bond acceptors (Lipinski definition) is 5. The predicted octanol–water partition coefficient (Wildman–Crippen LogP) is 6.08. The van der Waals surface area contributed by atoms with E-state index < -0.39 is 0 Å². The average Bonchev–Trinajstić information content (AvgIpc) is 3.37. The minimum atomic E-state index is -0.308. The van der Waals surface area contributed by atoms with Crippen LogP contribution in [0.5, 0.6) is 0 Å². The molecule has 0 aliphatic heterocycles. The van der Waals surface area contributed by atoms with Crippen LogP contribution >= 0.6 is 22.9 Å². The first-order valence-corrected chi connectivity index (χ1v) is 11.1. The summed E-state index contributed by atoms with van der Waals surface area (Å²) in [5, 5.41) is 4.06. The normalized spacial score (nSPS) is 14.8. The summed E-state index contributed by atoms with van der Waals surface area (Å²) in [6.07, 6.45) is 8.75. The molecule has 3 aromatic rings. The maximum absolute atomic E-state index is 12.4. The van der Waals surface area contributed by atoms with Gasteiger partial charge in [-0.3, -0.25) is 10.1 Å². The summed E-state index contributed by atoms with van der Waals surface area (Å²) < 4.78 is 11.6. The number of halogens is 1. The molecule has 1 aliphatic carbocycles. The third-order valence-corrected chi connectivity index (χ3v) is 6.09. The number of nitrogens with one attached hydrogen (secondary N) is 1. The summed E-state index contributed by atoms with van der Waals surface area (Å²) in [5.41, 5.74) is 1.10. The summed E-state index contributed by atoms with van der Waals surface area (Å²) in [6.45, 7) is 0.402. The Kier molecular flexibility index (Phi) is 6.64. The highest BCUT2D eigenvalue weighted by atomic mass is 35.5. The fourth-order valence-corrected chi connectivity index (χ4v) is 4.52. The van der Waals surface area contributed by atoms with Crippen LogP contribution in [0.15, 0.2) is 47.0 Å². The van der Waals surface area contributed by atoms with Crippen molar-refractivity contribution in [1.82, 2.24) is 4.98 Å². The fraction of sp³-hybridized carbons (Fsp3) is 0.364. The van der Waals surface area contributed by atoms with Gasteiger partial charge in [-0.2, -0.15) is 0 Å². The number of ether oxygens (including phenoxy) is 1. The average molecular weight is 431 g/mol. The number of nitrogens with zero attached hydrogens (tertiary/aromatic N) is 1. The summed E-state index contributed by atoms with van der Waals surface area (Å²) >= 11 is 7.47. The van der Waals surface area contributed by atoms with Crippen LogP contribution in [0, 0.1) is 0 Å². The Balaban J connectivity index is 1.30. The van der Waals surface area contributed by atoms with Crippen molar-refractivity contribution in [2.75, 3.05) is 5.32 Å². The van der Waals surface area contributed by atoms with Crippen molar-refractivity contribution in [2.45, 2.75) is 51.2 Å². The lowest BCUT2D eigenvalue weighted by atomic mass is 9.98. The second-order valence-electron chi connectivity index (χ2n) is 7.23. The molecule has 7 heteroatoms. The minimum Gasteiger partial charge on any atom is -0.453 e. The van der Waals surface area contributed by atoms with Crippen LogP contribution in [0.2, 0.25) is 5.02 Å². The SMILES string of the molecule is O=C(Nc1ncc(Cc2cccc(Cl)c2)s1)c1ccc(COC2CCCCC2)o1. The molecule has 1 saturated carbocycles. The van der Waals surface area contributed by atoms with Crippen LogP contribution < -0.4 is 5.32 Å². The van der Waals surface area contributed by atoms with Crippen molar-refractivity contribution in [2.24, 2.45) is 0 Å². The Labute approximate surface area is 179 Å². The molecule has 1 N–H and O–H groups in total. The van der Waals surface area contributed by atoms with Gasteiger partial charge in [0.05, 0.1) is 6.10 Å². The van der Waals surface area contributed by atoms with E-state index in [0.29, 0.717) is 28.6 Å². The Morgan fingerprint density at radius 1 is 1.24 bits per heavy atom. The van der Waals surface area contributed by atoms with Crippen molar-refractivity contribution in [3.05, 3.63) is 69.6 Å². The first-order valence-electron chi connectivity index (χ1n) is 9.86. The van der Waals surface area contributed by atoms with Crippen LogP contribution in [-0.2, 0) is 17.8 Å². The minimum absolute atomic E-state index is 0.263. The molecular formula is C22H23ClN2O3S. The molecule has 2 aromatic heterocycles. The molecule has 0 radical (unpaired) electrons. The number of rotatable bonds is 7. The van der Waals surface area contributed by atoms with Gasteiger partial charge in [-0.25, -0.2) is 4.98 Å². The van der Waals surface area contributed by atoms with Crippen molar-refractivity contribution >= 4 is 34.0 Å². The number of hydrogen-bond donors (Lipinski definition) is 1. The molecular weight excluding hydrogens is 408 g/mol. The van der Waals surface area contributed by atoms with E-state index in [1.165, 1.54) is 30.6 Å². The van der Waals surface area contributed by atoms with Crippen molar-refractivity contribution in [3.8, 4) is 0 Å². The number of thiazole rings is 1. The topological polar surface area (TPSA) is 64.4 Å². The molecule has 0 bridgehead atoms. The van der Waals surface area contributed by atoms with E-state index in [-0.39, 0.29) is 11.7 Å². The van der Waals surface area contributed by atoms with Crippen LogP contribution in [0.1, 0.15) is 58.9 Å². The molecule has 0 spiro atoms. The molecule has 1 aromatic carbocycles. The molecule has 29 heavy (non-hydrogen) atoms. The third-order valence-electron chi connectivity index (χ3n) is 4.94. The van der Waals surface area contributed by atoms with Gasteiger partial charge < -0.3 is 9.15 Å². The number of furan rings is 1. The summed E-state index contributed by atoms with van der Waals surface area (Å²) in [5.74, 6) is 0.623. The highest BCUT2D eigenvalue weighted by molar-refractivity contribution is 7.15. The summed E-state index contributed by atoms with van der Waals surface area (Å²) in [6, 6.07) is 11.2. The monoisotopic (exact) mass is 430 g/mol. The van der Waals surface area contributed by atoms with E-state index in [1.54, 1.807) is 18.3 Å². The standard InChI is InChI=1S/C22H23ClN2O3S/c23-16-6-4-5-15(11-16)12-19-13-24-22(29-19)25-21(26)20-10-9-18(28-20)14-27-17-7-2-1-3-8-17/h4-6,9-11,13,17H,1-3,7-8,12,14H2,(H,24,25,26). The van der Waals surface area contributed by atoms with E-state index in [1.807, 2.05) is 24.3 Å². The van der Waals surface area contributed by atoms with Gasteiger partial charge in [-0.05, 0) is 42.7 Å². The Bertz CT molecular complexity index is 962. The number of carbonyl (C=O) groups is 1. The van der Waals surface area contributed by atoms with Crippen LogP contribution in [0.25, 0.3) is 0 Å². The van der Waals surface area contributed by atoms with Crippen LogP contribution in [-0.4, -0.2) is 17.0 Å². The van der Waals surface area contributed by atoms with Gasteiger partial charge in [0.1, 0.15) is 12.4 Å². The summed E-state index contributed by atoms with van der Waals surface area (Å²) in [4.78, 5) is 17.8. The highest BCUT2D eigenvalue weighted by Crippen LogP contribution is 2.24. The van der Waals surface area contributed by atoms with Gasteiger partial charge in [-0.1, -0.05) is 43.0 Å². The smallest absolute Gasteiger partial charge is 0.293 e. The first-order chi connectivity index (χ1) is 14.2. The number of amides is 1. The lowest BCUT2D eigenvalue weighted by Gasteiger charge is -2.21. The zero-order valence-corrected chi connectivity index (χ0v) is 17.6. The highest BCUT2D eigenvalue weighted by Gasteiger charge is 2.17. The van der Waals surface area contributed by atoms with Gasteiger partial charge in [0.2, 0.25) is 0 Å². The summed E-state index contributed by atoms with van der Waals surface area (Å²) in [7, 11) is 0. The molecule has 1 aliphatic rings. The fourth-order valence-electron chi connectivity index (χ4n) is 3.46. The Hall–Kier alpha value is -2.15. The molecule has 0 saturated heterocycles. The van der Waals surface area contributed by atoms with E-state index in [2.05, 4.69) is 10.3 Å². The number of benzene rings is 1. The van der Waals surface area contributed by atoms with E-state index in [4.69, 9.17) is 20.8 Å². The van der Waals surface area contributed by atoms with E-state index >= 15 is 0 Å². The van der Waals surface area contributed by atoms with Crippen molar-refractivity contribution in [3.63, 3.8) is 0 Å².